The van der Waals surface area contributed by atoms with Crippen LogP contribution in [0.15, 0.2) is 45.8 Å². The highest BCUT2D eigenvalue weighted by Gasteiger charge is 2.28. The number of fused-ring (bicyclic) bond motifs is 1. The molecule has 1 aliphatic rings. The lowest BCUT2D eigenvalue weighted by molar-refractivity contribution is 0.0882. The minimum absolute atomic E-state index is 0.0826. The van der Waals surface area contributed by atoms with E-state index >= 15 is 0 Å². The Bertz CT molecular complexity index is 1340. The molecule has 0 radical (unpaired) electrons. The molecule has 9 nitrogen and oxygen atoms in total. The maximum Gasteiger partial charge on any atom is 0.252 e. The van der Waals surface area contributed by atoms with Gasteiger partial charge in [0, 0.05) is 29.6 Å². The molecule has 2 atom stereocenters. The van der Waals surface area contributed by atoms with E-state index in [0.29, 0.717) is 25.2 Å². The van der Waals surface area contributed by atoms with Gasteiger partial charge >= 0.3 is 0 Å². The molecule has 35 heavy (non-hydrogen) atoms. The number of ether oxygens (including phenoxy) is 1. The van der Waals surface area contributed by atoms with Crippen LogP contribution in [0.3, 0.4) is 0 Å². The molecule has 0 bridgehead atoms. The fourth-order valence-electron chi connectivity index (χ4n) is 5.10. The van der Waals surface area contributed by atoms with Gasteiger partial charge in [-0.2, -0.15) is 0 Å². The van der Waals surface area contributed by atoms with Gasteiger partial charge in [0.05, 0.1) is 31.5 Å². The first kappa shape index (κ1) is 23.4. The predicted octanol–water partition coefficient (Wildman–Crippen LogP) is 4.06. The standard InChI is InChI=1S/C26H32N6O3/c1-4-24(25-28-29-30-32(25)16-21-8-6-10-35-21)31(15-20-7-5-9-34-20)14-19-13-22-18(3)11-17(2)12-23(22)27-26(19)33/h5,7,9,11-13,21,24H,4,6,8,10,14-16H2,1-3H3,(H,27,33)/t21-,24-/m0/s1. The molecule has 1 fully saturated rings. The maximum atomic E-state index is 13.1. The summed E-state index contributed by atoms with van der Waals surface area (Å²) in [7, 11) is 0. The summed E-state index contributed by atoms with van der Waals surface area (Å²) in [5, 5.41) is 13.7. The van der Waals surface area contributed by atoms with Gasteiger partial charge in [-0.15, -0.1) is 5.10 Å². The van der Waals surface area contributed by atoms with Gasteiger partial charge in [0.15, 0.2) is 5.82 Å². The lowest BCUT2D eigenvalue weighted by Crippen LogP contribution is -2.33. The Morgan fingerprint density at radius 3 is 2.89 bits per heavy atom. The molecular weight excluding hydrogens is 444 g/mol. The van der Waals surface area contributed by atoms with E-state index in [2.05, 4.69) is 45.3 Å². The SMILES string of the molecule is CC[C@@H](c1nnnn1C[C@@H]1CCCO1)N(Cc1ccco1)Cc1cc2c(C)cc(C)cc2[nH]c1=O. The average molecular weight is 477 g/mol. The second-order valence-electron chi connectivity index (χ2n) is 9.43. The highest BCUT2D eigenvalue weighted by molar-refractivity contribution is 5.83. The van der Waals surface area contributed by atoms with Crippen LogP contribution in [0.1, 0.15) is 60.5 Å². The fourth-order valence-corrected chi connectivity index (χ4v) is 5.10. The average Bonchev–Trinajstić information content (AvgIpc) is 3.60. The first-order chi connectivity index (χ1) is 17.0. The van der Waals surface area contributed by atoms with Gasteiger partial charge < -0.3 is 14.1 Å². The number of hydrogen-bond donors (Lipinski definition) is 1. The molecule has 1 saturated heterocycles. The number of nitrogens with one attached hydrogen (secondary N) is 1. The molecule has 5 rings (SSSR count). The number of tetrazole rings is 1. The maximum absolute atomic E-state index is 13.1. The highest BCUT2D eigenvalue weighted by Crippen LogP contribution is 2.28. The van der Waals surface area contributed by atoms with Gasteiger partial charge in [0.1, 0.15) is 5.76 Å². The number of furan rings is 1. The lowest BCUT2D eigenvalue weighted by Gasteiger charge is -2.29. The number of hydrogen-bond acceptors (Lipinski definition) is 7. The monoisotopic (exact) mass is 476 g/mol. The van der Waals surface area contributed by atoms with E-state index < -0.39 is 0 Å². The van der Waals surface area contributed by atoms with Gasteiger partial charge in [-0.05, 0) is 78.9 Å². The molecule has 1 N–H and O–H groups in total. The van der Waals surface area contributed by atoms with Gasteiger partial charge in [-0.25, -0.2) is 4.68 Å². The Hall–Kier alpha value is -3.30. The molecule has 1 aromatic carbocycles. The van der Waals surface area contributed by atoms with Crippen molar-refractivity contribution < 1.29 is 9.15 Å². The first-order valence-electron chi connectivity index (χ1n) is 12.3. The Morgan fingerprint density at radius 2 is 2.14 bits per heavy atom. The molecule has 1 aliphatic heterocycles. The predicted molar refractivity (Wildman–Crippen MR) is 132 cm³/mol. The zero-order valence-electron chi connectivity index (χ0n) is 20.5. The number of nitrogens with zero attached hydrogens (tertiary/aromatic N) is 5. The van der Waals surface area contributed by atoms with E-state index in [0.717, 1.165) is 59.5 Å². The molecule has 184 valence electrons. The topological polar surface area (TPSA) is 102 Å². The number of benzene rings is 1. The Morgan fingerprint density at radius 1 is 1.26 bits per heavy atom. The minimum atomic E-state index is -0.106. The molecule has 0 saturated carbocycles. The summed E-state index contributed by atoms with van der Waals surface area (Å²) >= 11 is 0. The number of aromatic amines is 1. The molecule has 0 unspecified atom stereocenters. The summed E-state index contributed by atoms with van der Waals surface area (Å²) in [4.78, 5) is 18.4. The smallest absolute Gasteiger partial charge is 0.252 e. The summed E-state index contributed by atoms with van der Waals surface area (Å²) in [6, 6.07) is 9.89. The number of aryl methyl sites for hydroxylation is 2. The molecule has 0 amide bonds. The third-order valence-electron chi connectivity index (χ3n) is 6.79. The molecule has 4 aromatic rings. The van der Waals surface area contributed by atoms with Crippen molar-refractivity contribution >= 4 is 10.9 Å². The Kier molecular flexibility index (Phi) is 6.79. The summed E-state index contributed by atoms with van der Waals surface area (Å²) < 4.78 is 13.4. The number of rotatable bonds is 9. The van der Waals surface area contributed by atoms with Gasteiger partial charge in [0.2, 0.25) is 0 Å². The van der Waals surface area contributed by atoms with Gasteiger partial charge in [-0.3, -0.25) is 9.69 Å². The largest absolute Gasteiger partial charge is 0.468 e. The van der Waals surface area contributed by atoms with Crippen LogP contribution < -0.4 is 5.56 Å². The molecule has 3 aromatic heterocycles. The normalized spacial score (nSPS) is 17.0. The second kappa shape index (κ2) is 10.1. The van der Waals surface area contributed by atoms with Crippen molar-refractivity contribution in [2.24, 2.45) is 0 Å². The number of pyridine rings is 1. The fraction of sp³-hybridized carbons (Fsp3) is 0.462. The van der Waals surface area contributed by atoms with Crippen LogP contribution in [0, 0.1) is 13.8 Å². The van der Waals surface area contributed by atoms with Crippen LogP contribution in [0.2, 0.25) is 0 Å². The zero-order chi connectivity index (χ0) is 24.4. The van der Waals surface area contributed by atoms with E-state index in [9.17, 15) is 4.79 Å². The van der Waals surface area contributed by atoms with Crippen molar-refractivity contribution in [3.8, 4) is 0 Å². The number of aromatic nitrogens is 5. The van der Waals surface area contributed by atoms with E-state index in [1.807, 2.05) is 35.9 Å². The lowest BCUT2D eigenvalue weighted by atomic mass is 10.0. The molecule has 0 spiro atoms. The van der Waals surface area contributed by atoms with Crippen molar-refractivity contribution in [3.63, 3.8) is 0 Å². The van der Waals surface area contributed by atoms with Gasteiger partial charge in [0.25, 0.3) is 5.56 Å². The van der Waals surface area contributed by atoms with Crippen LogP contribution in [0.25, 0.3) is 10.9 Å². The molecular formula is C26H32N6O3. The van der Waals surface area contributed by atoms with E-state index in [-0.39, 0.29) is 17.7 Å². The highest BCUT2D eigenvalue weighted by atomic mass is 16.5. The van der Waals surface area contributed by atoms with Crippen LogP contribution in [0.4, 0.5) is 0 Å². The van der Waals surface area contributed by atoms with Crippen LogP contribution in [-0.4, -0.2) is 42.8 Å². The van der Waals surface area contributed by atoms with Crippen LogP contribution in [0.5, 0.6) is 0 Å². The summed E-state index contributed by atoms with van der Waals surface area (Å²) in [5.41, 5.74) is 3.75. The van der Waals surface area contributed by atoms with E-state index in [1.165, 1.54) is 0 Å². The van der Waals surface area contributed by atoms with E-state index in [4.69, 9.17) is 9.15 Å². The van der Waals surface area contributed by atoms with Crippen molar-refractivity contribution in [2.45, 2.75) is 71.8 Å². The Labute approximate surface area is 204 Å². The van der Waals surface area contributed by atoms with Gasteiger partial charge in [-0.1, -0.05) is 13.0 Å². The summed E-state index contributed by atoms with van der Waals surface area (Å²) in [6.45, 7) is 8.61. The third kappa shape index (κ3) is 5.06. The quantitative estimate of drug-likeness (QED) is 0.389. The summed E-state index contributed by atoms with van der Waals surface area (Å²) in [6.07, 6.45) is 4.65. The first-order valence-corrected chi connectivity index (χ1v) is 12.3. The van der Waals surface area contributed by atoms with Crippen molar-refractivity contribution in [2.75, 3.05) is 6.61 Å². The van der Waals surface area contributed by atoms with Crippen LogP contribution >= 0.6 is 0 Å². The number of H-pyrrole nitrogens is 1. The Balaban J connectivity index is 1.50. The summed E-state index contributed by atoms with van der Waals surface area (Å²) in [5.74, 6) is 1.60. The molecule has 4 heterocycles. The van der Waals surface area contributed by atoms with Crippen LogP contribution in [-0.2, 0) is 24.4 Å². The second-order valence-corrected chi connectivity index (χ2v) is 9.43. The molecule has 0 aliphatic carbocycles. The van der Waals surface area contributed by atoms with Crippen molar-refractivity contribution in [1.82, 2.24) is 30.1 Å². The van der Waals surface area contributed by atoms with Crippen molar-refractivity contribution in [3.05, 3.63) is 75.2 Å². The van der Waals surface area contributed by atoms with Crippen molar-refractivity contribution in [1.29, 1.82) is 0 Å². The van der Waals surface area contributed by atoms with E-state index in [1.54, 1.807) is 6.26 Å². The molecule has 9 heteroatoms. The minimum Gasteiger partial charge on any atom is -0.468 e. The third-order valence-corrected chi connectivity index (χ3v) is 6.79. The zero-order valence-corrected chi connectivity index (χ0v) is 20.5.